The average molecular weight is 457 g/mol. The topological polar surface area (TPSA) is 97.6 Å². The van der Waals surface area contributed by atoms with E-state index >= 15 is 0 Å². The number of aryl methyl sites for hydroxylation is 1. The van der Waals surface area contributed by atoms with Crippen molar-refractivity contribution in [1.29, 1.82) is 0 Å². The zero-order valence-electron chi connectivity index (χ0n) is 13.4. The molecule has 7 nitrogen and oxygen atoms in total. The lowest BCUT2D eigenvalue weighted by Crippen LogP contribution is -2.37. The predicted octanol–water partition coefficient (Wildman–Crippen LogP) is 3.33. The Labute approximate surface area is 159 Å². The number of hydrogen-bond donors (Lipinski definition) is 0. The van der Waals surface area contributed by atoms with Crippen LogP contribution in [0.2, 0.25) is 0 Å². The minimum absolute atomic E-state index is 0.136. The van der Waals surface area contributed by atoms with Gasteiger partial charge in [0.2, 0.25) is 0 Å². The van der Waals surface area contributed by atoms with E-state index in [1.165, 1.54) is 48.5 Å². The van der Waals surface area contributed by atoms with Gasteiger partial charge in [-0.3, -0.25) is 0 Å². The number of hydrogen-bond acceptors (Lipinski definition) is 6. The first-order chi connectivity index (χ1) is 12.3. The van der Waals surface area contributed by atoms with E-state index in [1.54, 1.807) is 19.1 Å². The van der Waals surface area contributed by atoms with Crippen LogP contribution in [0.5, 0.6) is 0 Å². The summed E-state index contributed by atoms with van der Waals surface area (Å²) in [7, 11) is -8.98. The highest BCUT2D eigenvalue weighted by Crippen LogP contribution is 2.37. The molecule has 0 bridgehead atoms. The van der Waals surface area contributed by atoms with Crippen LogP contribution in [0, 0.1) is 6.92 Å². The van der Waals surface area contributed by atoms with Gasteiger partial charge in [0, 0.05) is 0 Å². The lowest BCUT2D eigenvalue weighted by Gasteiger charge is -2.21. The van der Waals surface area contributed by atoms with Gasteiger partial charge in [-0.15, -0.1) is 3.71 Å². The summed E-state index contributed by atoms with van der Waals surface area (Å²) in [6.45, 7) is 1.56. The van der Waals surface area contributed by atoms with Crippen molar-refractivity contribution in [2.45, 2.75) is 16.7 Å². The summed E-state index contributed by atoms with van der Waals surface area (Å²) < 4.78 is 58.0. The molecule has 0 aliphatic heterocycles. The average Bonchev–Trinajstić information content (AvgIpc) is 2.95. The van der Waals surface area contributed by atoms with Gasteiger partial charge in [-0.05, 0) is 47.1 Å². The van der Waals surface area contributed by atoms with Crippen LogP contribution in [-0.4, -0.2) is 22.0 Å². The third-order valence-electron chi connectivity index (χ3n) is 3.46. The molecule has 0 N–H and O–H groups in total. The van der Waals surface area contributed by atoms with Crippen LogP contribution in [-0.2, 0) is 20.0 Å². The second-order valence-electron chi connectivity index (χ2n) is 5.22. The summed E-state index contributed by atoms with van der Waals surface area (Å²) in [5.74, 6) is -0.435. The van der Waals surface area contributed by atoms with Gasteiger partial charge < -0.3 is 4.52 Å². The Hall–Kier alpha value is -2.17. The normalized spacial score (nSPS) is 12.1. The number of halogens is 1. The van der Waals surface area contributed by atoms with Crippen LogP contribution >= 0.6 is 15.9 Å². The zero-order valence-corrected chi connectivity index (χ0v) is 16.6. The largest absolute Gasteiger partial charge is 0.335 e. The van der Waals surface area contributed by atoms with E-state index in [1.807, 2.05) is 0 Å². The summed E-state index contributed by atoms with van der Waals surface area (Å²) >= 11 is 3.15. The highest BCUT2D eigenvalue weighted by atomic mass is 79.9. The summed E-state index contributed by atoms with van der Waals surface area (Å²) in [4.78, 5) is -0.388. The first kappa shape index (κ1) is 18.6. The quantitative estimate of drug-likeness (QED) is 0.583. The van der Waals surface area contributed by atoms with Gasteiger partial charge in [0.25, 0.3) is 25.9 Å². The molecule has 0 unspecified atom stereocenters. The molecule has 0 amide bonds. The Morgan fingerprint density at radius 3 is 1.62 bits per heavy atom. The molecule has 2 aromatic carbocycles. The Bertz CT molecular complexity index is 1060. The molecule has 1 aromatic heterocycles. The molecule has 0 fully saturated rings. The van der Waals surface area contributed by atoms with Crippen molar-refractivity contribution in [3.8, 4) is 0 Å². The molecule has 10 heteroatoms. The van der Waals surface area contributed by atoms with E-state index in [-0.39, 0.29) is 18.0 Å². The Balaban J connectivity index is 2.30. The molecule has 0 aliphatic carbocycles. The van der Waals surface area contributed by atoms with E-state index in [0.717, 1.165) is 0 Å². The molecular weight excluding hydrogens is 444 g/mol. The summed E-state index contributed by atoms with van der Waals surface area (Å²) in [6.07, 6.45) is 0. The Kier molecular flexibility index (Phi) is 4.91. The van der Waals surface area contributed by atoms with Gasteiger partial charge in [-0.1, -0.05) is 41.6 Å². The van der Waals surface area contributed by atoms with Crippen LogP contribution in [0.15, 0.2) is 79.5 Å². The number of anilines is 1. The monoisotopic (exact) mass is 456 g/mol. The molecule has 0 saturated carbocycles. The first-order valence-electron chi connectivity index (χ1n) is 7.28. The van der Waals surface area contributed by atoms with Crippen molar-refractivity contribution in [3.05, 3.63) is 70.8 Å². The van der Waals surface area contributed by atoms with Crippen LogP contribution in [0.4, 0.5) is 5.88 Å². The highest BCUT2D eigenvalue weighted by Gasteiger charge is 2.41. The maximum Gasteiger partial charge on any atom is 0.280 e. The predicted molar refractivity (Wildman–Crippen MR) is 98.7 cm³/mol. The number of rotatable bonds is 5. The number of nitrogens with zero attached hydrogens (tertiary/aromatic N) is 2. The fourth-order valence-corrected chi connectivity index (χ4v) is 6.36. The number of benzene rings is 2. The summed E-state index contributed by atoms with van der Waals surface area (Å²) in [5.41, 5.74) is 0.316. The maximum atomic E-state index is 13.2. The lowest BCUT2D eigenvalue weighted by atomic mass is 10.4. The second-order valence-corrected chi connectivity index (χ2v) is 9.82. The van der Waals surface area contributed by atoms with Crippen LogP contribution in [0.25, 0.3) is 0 Å². The number of aromatic nitrogens is 1. The van der Waals surface area contributed by atoms with Crippen molar-refractivity contribution in [1.82, 2.24) is 5.16 Å². The molecule has 136 valence electrons. The molecule has 0 atom stereocenters. The molecule has 26 heavy (non-hydrogen) atoms. The molecule has 3 rings (SSSR count). The standard InChI is InChI=1S/C16H13BrN2O5S2/c1-12-15(17)16(24-18-12)19(25(20,21)13-8-4-2-5-9-13)26(22,23)14-10-6-3-7-11-14/h2-11H,1H3. The molecule has 0 saturated heterocycles. The minimum Gasteiger partial charge on any atom is -0.335 e. The highest BCUT2D eigenvalue weighted by molar-refractivity contribution is 9.10. The van der Waals surface area contributed by atoms with Crippen molar-refractivity contribution in [2.24, 2.45) is 0 Å². The molecule has 0 radical (unpaired) electrons. The van der Waals surface area contributed by atoms with E-state index < -0.39 is 25.9 Å². The van der Waals surface area contributed by atoms with Gasteiger partial charge in [0.05, 0.1) is 15.5 Å². The van der Waals surface area contributed by atoms with E-state index in [2.05, 4.69) is 21.1 Å². The fraction of sp³-hybridized carbons (Fsp3) is 0.0625. The Morgan fingerprint density at radius 2 is 1.27 bits per heavy atom. The van der Waals surface area contributed by atoms with Crippen molar-refractivity contribution in [3.63, 3.8) is 0 Å². The summed E-state index contributed by atoms with van der Waals surface area (Å²) in [5, 5.41) is 3.66. The van der Waals surface area contributed by atoms with E-state index in [4.69, 9.17) is 4.52 Å². The van der Waals surface area contributed by atoms with Crippen molar-refractivity contribution in [2.75, 3.05) is 3.71 Å². The minimum atomic E-state index is -4.49. The molecule has 0 spiro atoms. The van der Waals surface area contributed by atoms with Crippen LogP contribution in [0.1, 0.15) is 5.69 Å². The SMILES string of the molecule is Cc1noc(N(S(=O)(=O)c2ccccc2)S(=O)(=O)c2ccccc2)c1Br. The lowest BCUT2D eigenvalue weighted by molar-refractivity contribution is 0.424. The van der Waals surface area contributed by atoms with Gasteiger partial charge in [-0.2, -0.15) is 16.8 Å². The van der Waals surface area contributed by atoms with Gasteiger partial charge in [0.1, 0.15) is 4.47 Å². The van der Waals surface area contributed by atoms with Gasteiger partial charge in [0.15, 0.2) is 0 Å². The molecule has 1 heterocycles. The number of sulfonamides is 2. The maximum absolute atomic E-state index is 13.2. The molecular formula is C16H13BrN2O5S2. The first-order valence-corrected chi connectivity index (χ1v) is 11.0. The van der Waals surface area contributed by atoms with Crippen LogP contribution in [0.3, 0.4) is 0 Å². The van der Waals surface area contributed by atoms with E-state index in [9.17, 15) is 16.8 Å². The Morgan fingerprint density at radius 1 is 0.846 bits per heavy atom. The van der Waals surface area contributed by atoms with E-state index in [0.29, 0.717) is 5.69 Å². The van der Waals surface area contributed by atoms with Gasteiger partial charge >= 0.3 is 0 Å². The molecule has 3 aromatic rings. The van der Waals surface area contributed by atoms with Gasteiger partial charge in [-0.25, -0.2) is 0 Å². The van der Waals surface area contributed by atoms with Crippen molar-refractivity contribution < 1.29 is 21.4 Å². The third kappa shape index (κ3) is 3.15. The molecule has 0 aliphatic rings. The zero-order chi connectivity index (χ0) is 18.9. The summed E-state index contributed by atoms with van der Waals surface area (Å²) in [6, 6.07) is 14.5. The second kappa shape index (κ2) is 6.86. The van der Waals surface area contributed by atoms with Crippen molar-refractivity contribution >= 4 is 41.9 Å². The fourth-order valence-electron chi connectivity index (χ4n) is 2.18. The van der Waals surface area contributed by atoms with Crippen LogP contribution < -0.4 is 3.71 Å². The smallest absolute Gasteiger partial charge is 0.280 e. The third-order valence-corrected chi connectivity index (χ3v) is 8.49.